The molecule has 1 amide bonds. The smallest absolute Gasteiger partial charge is 0.378 e. The minimum atomic E-state index is -4.72. The van der Waals surface area contributed by atoms with Gasteiger partial charge < -0.3 is 20.6 Å². The standard InChI is InChI=1S/C21H22F3N7O2S/c1-3-18(32)25-13-4-6-14(7-5-13)34-19-27-15(26-16-8-12(2)29-30-16)9-17(28-19)31-10-20(33,11-31)21(22,23)24/h4-9,33H,3,10-11H2,1-2H3,(H,25,32)(H2,26,27,28,29,30). The van der Waals surface area contributed by atoms with E-state index in [0.717, 1.165) is 10.6 Å². The number of anilines is 4. The number of hydrogen-bond acceptors (Lipinski definition) is 8. The van der Waals surface area contributed by atoms with Crippen LogP contribution in [0.15, 0.2) is 46.5 Å². The van der Waals surface area contributed by atoms with E-state index in [0.29, 0.717) is 28.9 Å². The number of hydrogen-bond donors (Lipinski definition) is 4. The van der Waals surface area contributed by atoms with Gasteiger partial charge in [0.1, 0.15) is 17.5 Å². The Hall–Kier alpha value is -3.32. The van der Waals surface area contributed by atoms with Crippen LogP contribution in [0.2, 0.25) is 0 Å². The van der Waals surface area contributed by atoms with Crippen LogP contribution < -0.4 is 15.5 Å². The van der Waals surface area contributed by atoms with Crippen LogP contribution in [0.1, 0.15) is 19.0 Å². The number of aryl methyl sites for hydroxylation is 1. The summed E-state index contributed by atoms with van der Waals surface area (Å²) in [5, 5.41) is 22.7. The van der Waals surface area contributed by atoms with Crippen molar-refractivity contribution in [3.05, 3.63) is 42.1 Å². The molecule has 3 aromatic rings. The fraction of sp³-hybridized carbons (Fsp3) is 0.333. The Morgan fingerprint density at radius 3 is 2.53 bits per heavy atom. The second kappa shape index (κ2) is 9.14. The highest BCUT2D eigenvalue weighted by Gasteiger charge is 2.61. The van der Waals surface area contributed by atoms with Crippen LogP contribution >= 0.6 is 11.8 Å². The first-order valence-corrected chi connectivity index (χ1v) is 11.2. The first kappa shape index (κ1) is 23.8. The molecule has 4 N–H and O–H groups in total. The van der Waals surface area contributed by atoms with Crippen molar-refractivity contribution in [1.29, 1.82) is 0 Å². The van der Waals surface area contributed by atoms with E-state index in [9.17, 15) is 23.1 Å². The van der Waals surface area contributed by atoms with Gasteiger partial charge >= 0.3 is 6.18 Å². The number of alkyl halides is 3. The lowest BCUT2D eigenvalue weighted by atomic mass is 9.93. The first-order valence-electron chi connectivity index (χ1n) is 10.3. The van der Waals surface area contributed by atoms with Gasteiger partial charge in [0.05, 0.1) is 18.8 Å². The Kier molecular flexibility index (Phi) is 6.41. The van der Waals surface area contributed by atoms with Crippen molar-refractivity contribution in [2.24, 2.45) is 0 Å². The number of aromatic nitrogens is 4. The number of nitrogens with zero attached hydrogens (tertiary/aromatic N) is 4. The number of rotatable bonds is 7. The van der Waals surface area contributed by atoms with Gasteiger partial charge in [0.2, 0.25) is 5.91 Å². The molecule has 1 saturated heterocycles. The van der Waals surface area contributed by atoms with Crippen molar-refractivity contribution < 1.29 is 23.1 Å². The van der Waals surface area contributed by atoms with Crippen molar-refractivity contribution in [2.45, 2.75) is 42.1 Å². The number of H-pyrrole nitrogens is 1. The SMILES string of the molecule is CCC(=O)Nc1ccc(Sc2nc(Nc3cc(C)n[nH]3)cc(N3CC(O)(C(F)(F)F)C3)n2)cc1. The summed E-state index contributed by atoms with van der Waals surface area (Å²) in [6.07, 6.45) is -4.36. The monoisotopic (exact) mass is 493 g/mol. The van der Waals surface area contributed by atoms with Crippen LogP contribution in [-0.4, -0.2) is 56.0 Å². The maximum atomic E-state index is 13.1. The highest BCUT2D eigenvalue weighted by Crippen LogP contribution is 2.40. The number of halogens is 3. The second-order valence-corrected chi connectivity index (χ2v) is 8.90. The molecule has 2 aromatic heterocycles. The molecule has 0 radical (unpaired) electrons. The van der Waals surface area contributed by atoms with Gasteiger partial charge in [0, 0.05) is 29.1 Å². The quantitative estimate of drug-likeness (QED) is 0.367. The molecule has 1 fully saturated rings. The molecule has 0 atom stereocenters. The third-order valence-electron chi connectivity index (χ3n) is 5.09. The summed E-state index contributed by atoms with van der Waals surface area (Å²) in [5.74, 6) is 1.06. The molecular formula is C21H22F3N7O2S. The third kappa shape index (κ3) is 5.25. The molecule has 1 aliphatic rings. The number of carbonyl (C=O) groups excluding carboxylic acids is 1. The Labute approximate surface area is 197 Å². The van der Waals surface area contributed by atoms with Crippen molar-refractivity contribution in [3.8, 4) is 0 Å². The summed E-state index contributed by atoms with van der Waals surface area (Å²) < 4.78 is 39.2. The zero-order valence-corrected chi connectivity index (χ0v) is 19.1. The van der Waals surface area contributed by atoms with E-state index in [1.54, 1.807) is 44.2 Å². The van der Waals surface area contributed by atoms with Crippen LogP contribution in [-0.2, 0) is 4.79 Å². The fourth-order valence-electron chi connectivity index (χ4n) is 3.20. The number of carbonyl (C=O) groups is 1. The molecule has 9 nitrogen and oxygen atoms in total. The number of aliphatic hydroxyl groups is 1. The van der Waals surface area contributed by atoms with Gasteiger partial charge in [-0.2, -0.15) is 18.3 Å². The second-order valence-electron chi connectivity index (χ2n) is 7.86. The average Bonchev–Trinajstić information content (AvgIpc) is 3.16. The number of amides is 1. The molecule has 0 aliphatic carbocycles. The lowest BCUT2D eigenvalue weighted by Gasteiger charge is -2.47. The Morgan fingerprint density at radius 1 is 1.24 bits per heavy atom. The van der Waals surface area contributed by atoms with Crippen molar-refractivity contribution >= 4 is 40.8 Å². The molecule has 3 heterocycles. The van der Waals surface area contributed by atoms with Crippen LogP contribution in [0.3, 0.4) is 0 Å². The summed E-state index contributed by atoms with van der Waals surface area (Å²) in [7, 11) is 0. The molecule has 4 rings (SSSR count). The van der Waals surface area contributed by atoms with Gasteiger partial charge in [-0.3, -0.25) is 9.89 Å². The third-order valence-corrected chi connectivity index (χ3v) is 5.96. The van der Waals surface area contributed by atoms with E-state index in [1.807, 2.05) is 0 Å². The molecular weight excluding hydrogens is 471 g/mol. The van der Waals surface area contributed by atoms with Crippen LogP contribution in [0.4, 0.5) is 36.3 Å². The molecule has 13 heteroatoms. The lowest BCUT2D eigenvalue weighted by molar-refractivity contribution is -0.267. The number of β-amino-alcohol motifs (C(OH)–C–C–N with tert-alkyl or cyclic N) is 1. The molecule has 180 valence electrons. The average molecular weight is 494 g/mol. The summed E-state index contributed by atoms with van der Waals surface area (Å²) in [6, 6.07) is 10.3. The Balaban J connectivity index is 1.56. The minimum Gasteiger partial charge on any atom is -0.378 e. The number of aromatic amines is 1. The van der Waals surface area contributed by atoms with Crippen LogP contribution in [0.5, 0.6) is 0 Å². The van der Waals surface area contributed by atoms with E-state index in [-0.39, 0.29) is 11.7 Å². The zero-order valence-electron chi connectivity index (χ0n) is 18.3. The molecule has 1 aliphatic heterocycles. The van der Waals surface area contributed by atoms with Gasteiger partial charge in [-0.25, -0.2) is 9.97 Å². The largest absolute Gasteiger partial charge is 0.420 e. The first-order chi connectivity index (χ1) is 16.0. The topological polar surface area (TPSA) is 119 Å². The van der Waals surface area contributed by atoms with Gasteiger partial charge in [-0.05, 0) is 43.0 Å². The van der Waals surface area contributed by atoms with Gasteiger partial charge in [0.15, 0.2) is 10.8 Å². The number of benzene rings is 1. The minimum absolute atomic E-state index is 0.102. The zero-order chi connectivity index (χ0) is 24.5. The van der Waals surface area contributed by atoms with Crippen molar-refractivity contribution in [3.63, 3.8) is 0 Å². The summed E-state index contributed by atoms with van der Waals surface area (Å²) in [6.45, 7) is 2.32. The highest BCUT2D eigenvalue weighted by molar-refractivity contribution is 7.99. The van der Waals surface area contributed by atoms with Gasteiger partial charge in [0.25, 0.3) is 0 Å². The van der Waals surface area contributed by atoms with Crippen LogP contribution in [0, 0.1) is 6.92 Å². The molecule has 0 unspecified atom stereocenters. The van der Waals surface area contributed by atoms with Gasteiger partial charge in [-0.15, -0.1) is 0 Å². The normalized spacial score (nSPS) is 15.1. The molecule has 1 aromatic carbocycles. The predicted molar refractivity (Wildman–Crippen MR) is 121 cm³/mol. The van der Waals surface area contributed by atoms with Crippen molar-refractivity contribution in [1.82, 2.24) is 20.2 Å². The van der Waals surface area contributed by atoms with E-state index >= 15 is 0 Å². The van der Waals surface area contributed by atoms with E-state index < -0.39 is 24.9 Å². The Morgan fingerprint density at radius 2 is 1.94 bits per heavy atom. The van der Waals surface area contributed by atoms with Crippen molar-refractivity contribution in [2.75, 3.05) is 28.6 Å². The van der Waals surface area contributed by atoms with E-state index in [2.05, 4.69) is 30.8 Å². The summed E-state index contributed by atoms with van der Waals surface area (Å²) in [5.41, 5.74) is -1.37. The molecule has 34 heavy (non-hydrogen) atoms. The van der Waals surface area contributed by atoms with E-state index in [4.69, 9.17) is 0 Å². The molecule has 0 spiro atoms. The lowest BCUT2D eigenvalue weighted by Crippen LogP contribution is -2.69. The maximum Gasteiger partial charge on any atom is 0.420 e. The summed E-state index contributed by atoms with van der Waals surface area (Å²) in [4.78, 5) is 22.5. The highest BCUT2D eigenvalue weighted by atomic mass is 32.2. The van der Waals surface area contributed by atoms with E-state index in [1.165, 1.54) is 22.7 Å². The predicted octanol–water partition coefficient (Wildman–Crippen LogP) is 3.86. The Bertz CT molecular complexity index is 1180. The van der Waals surface area contributed by atoms with Gasteiger partial charge in [-0.1, -0.05) is 6.92 Å². The fourth-order valence-corrected chi connectivity index (χ4v) is 3.96. The molecule has 0 bridgehead atoms. The van der Waals surface area contributed by atoms with Crippen LogP contribution in [0.25, 0.3) is 0 Å². The maximum absolute atomic E-state index is 13.1. The molecule has 0 saturated carbocycles. The number of nitrogens with one attached hydrogen (secondary N) is 3. The summed E-state index contributed by atoms with van der Waals surface area (Å²) >= 11 is 1.21.